The predicted molar refractivity (Wildman–Crippen MR) is 172 cm³/mol. The number of ether oxygens (including phenoxy) is 2. The minimum atomic E-state index is -1.61. The number of carbonyl (C=O) groups is 3. The summed E-state index contributed by atoms with van der Waals surface area (Å²) in [5.74, 6) is -2.50. The molecule has 2 amide bonds. The first-order valence-corrected chi connectivity index (χ1v) is 16.1. The van der Waals surface area contributed by atoms with E-state index in [9.17, 15) is 39.4 Å². The van der Waals surface area contributed by atoms with Crippen molar-refractivity contribution in [2.75, 3.05) is 18.5 Å². The van der Waals surface area contributed by atoms with E-state index in [1.54, 1.807) is 32.9 Å². The molecule has 14 nitrogen and oxygen atoms in total. The number of amides is 2. The molecule has 5 rings (SSSR count). The number of benzene rings is 1. The fourth-order valence-electron chi connectivity index (χ4n) is 7.38. The van der Waals surface area contributed by atoms with Crippen LogP contribution in [0.25, 0.3) is 5.52 Å². The van der Waals surface area contributed by atoms with E-state index in [4.69, 9.17) is 9.47 Å². The van der Waals surface area contributed by atoms with Gasteiger partial charge in [-0.15, -0.1) is 0 Å². The Hall–Kier alpha value is -4.65. The van der Waals surface area contributed by atoms with Gasteiger partial charge in [0.25, 0.3) is 0 Å². The van der Waals surface area contributed by atoms with Crippen LogP contribution in [-0.2, 0) is 30.9 Å². The lowest BCUT2D eigenvalue weighted by Gasteiger charge is -2.50. The van der Waals surface area contributed by atoms with Crippen LogP contribution in [0.5, 0.6) is 0 Å². The highest BCUT2D eigenvalue weighted by atomic mass is 19.1. The third-order valence-corrected chi connectivity index (χ3v) is 9.51. The average molecular weight is 681 g/mol. The molecule has 262 valence electrons. The number of rotatable bonds is 10. The number of aromatic nitrogens is 3. The topological polar surface area (TPSA) is 208 Å². The third kappa shape index (κ3) is 7.51. The molecule has 2 fully saturated rings. The van der Waals surface area contributed by atoms with E-state index < -0.39 is 58.5 Å². The number of aliphatic carboxylic acids is 1. The Kier molecular flexibility index (Phi) is 10.2. The zero-order valence-electron chi connectivity index (χ0n) is 27.6. The Bertz CT molecular complexity index is 1740. The van der Waals surface area contributed by atoms with Crippen LogP contribution in [0.15, 0.2) is 42.7 Å². The number of carboxylic acid groups (broad SMARTS) is 1. The molecule has 1 aliphatic carbocycles. The molecule has 4 unspecified atom stereocenters. The van der Waals surface area contributed by atoms with E-state index in [1.165, 1.54) is 35.1 Å². The second-order valence-electron chi connectivity index (χ2n) is 13.9. The fourth-order valence-corrected chi connectivity index (χ4v) is 7.38. The van der Waals surface area contributed by atoms with Crippen molar-refractivity contribution in [1.82, 2.24) is 19.9 Å². The van der Waals surface area contributed by atoms with Crippen molar-refractivity contribution in [2.24, 2.45) is 11.3 Å². The number of nitrogens with one attached hydrogen (secondary N) is 2. The van der Waals surface area contributed by atoms with Crippen LogP contribution in [0.4, 0.5) is 15.0 Å². The van der Waals surface area contributed by atoms with Gasteiger partial charge in [-0.3, -0.25) is 9.59 Å². The van der Waals surface area contributed by atoms with Crippen LogP contribution in [0.1, 0.15) is 64.1 Å². The molecule has 0 bridgehead atoms. The molecule has 3 aromatic rings. The van der Waals surface area contributed by atoms with Gasteiger partial charge in [0, 0.05) is 13.0 Å². The first kappa shape index (κ1) is 35.7. The first-order chi connectivity index (χ1) is 23.2. The number of hydrogen-bond acceptors (Lipinski definition) is 10. The van der Waals surface area contributed by atoms with Gasteiger partial charge in [-0.2, -0.15) is 10.4 Å². The van der Waals surface area contributed by atoms with Gasteiger partial charge >= 0.3 is 12.1 Å². The molecule has 0 spiro atoms. The zero-order valence-corrected chi connectivity index (χ0v) is 27.6. The highest BCUT2D eigenvalue weighted by molar-refractivity contribution is 5.98. The van der Waals surface area contributed by atoms with Crippen LogP contribution in [0.3, 0.4) is 0 Å². The molecule has 1 aromatic carbocycles. The predicted octanol–water partition coefficient (Wildman–Crippen LogP) is 3.11. The Morgan fingerprint density at radius 3 is 2.59 bits per heavy atom. The van der Waals surface area contributed by atoms with Crippen LogP contribution < -0.4 is 10.6 Å². The van der Waals surface area contributed by atoms with Gasteiger partial charge in [-0.25, -0.2) is 18.7 Å². The number of halogens is 1. The summed E-state index contributed by atoms with van der Waals surface area (Å²) in [6.07, 6.45) is -0.842. The lowest BCUT2D eigenvalue weighted by molar-refractivity contribution is -0.145. The van der Waals surface area contributed by atoms with Crippen molar-refractivity contribution in [1.29, 1.82) is 5.26 Å². The average Bonchev–Trinajstić information content (AvgIpc) is 3.71. The molecule has 5 N–H and O–H groups in total. The van der Waals surface area contributed by atoms with Crippen LogP contribution >= 0.6 is 0 Å². The number of carboxylic acids is 1. The third-order valence-electron chi connectivity index (χ3n) is 9.51. The van der Waals surface area contributed by atoms with Crippen LogP contribution in [0.2, 0.25) is 0 Å². The molecule has 2 aromatic heterocycles. The summed E-state index contributed by atoms with van der Waals surface area (Å²) in [6.45, 7) is 5.08. The number of fused-ring (bicyclic) bond motifs is 1. The summed E-state index contributed by atoms with van der Waals surface area (Å²) in [5, 5.41) is 51.8. The number of nitriles is 1. The van der Waals surface area contributed by atoms with E-state index in [1.807, 2.05) is 0 Å². The normalized spacial score (nSPS) is 26.1. The maximum absolute atomic E-state index is 13.7. The van der Waals surface area contributed by atoms with Gasteiger partial charge in [0.1, 0.15) is 34.7 Å². The molecule has 15 heteroatoms. The molecular weight excluding hydrogens is 639 g/mol. The van der Waals surface area contributed by atoms with Crippen molar-refractivity contribution in [2.45, 2.75) is 88.6 Å². The number of anilines is 1. The Morgan fingerprint density at radius 1 is 1.20 bits per heavy atom. The maximum Gasteiger partial charge on any atom is 0.408 e. The van der Waals surface area contributed by atoms with E-state index in [2.05, 4.69) is 26.8 Å². The minimum Gasteiger partial charge on any atom is -0.481 e. The summed E-state index contributed by atoms with van der Waals surface area (Å²) in [4.78, 5) is 42.8. The molecular formula is C34H41FN6O8. The Morgan fingerprint density at radius 2 is 1.94 bits per heavy atom. The standard InChI is InChI=1S/C34H41FN6O8/c1-32(2,3)49-31(47)39-23(14-20-4-6-21(35)7-5-20)30(46)40-29-24-8-9-26(41(24)38-19-37-29)34(18-36)17-33(15-28(44)45,12-10-27(34)43)22-11-13-48-25(22)16-42/h4-9,19,22-23,25,27,42-43H,10-17H2,1-3H3,(H,39,47)(H,44,45)(H,37,38,40,46)/t22?,23?,25?,27-,33?,34+/m1/s1. The summed E-state index contributed by atoms with van der Waals surface area (Å²) in [6, 6.07) is 9.77. The SMILES string of the molecule is CC(C)(C)OC(=O)NC(Cc1ccc(F)cc1)C(=O)Nc1ncnn2c([C@@]3(C#N)CC(CC(=O)O)(C4CCOC4CO)CC[C@H]3O)ccc12. The highest BCUT2D eigenvalue weighted by Gasteiger charge is 2.58. The second kappa shape index (κ2) is 14.1. The Balaban J connectivity index is 1.48. The monoisotopic (exact) mass is 680 g/mol. The summed E-state index contributed by atoms with van der Waals surface area (Å²) in [7, 11) is 0. The van der Waals surface area contributed by atoms with Gasteiger partial charge in [0.2, 0.25) is 5.91 Å². The van der Waals surface area contributed by atoms with E-state index in [-0.39, 0.29) is 55.2 Å². The van der Waals surface area contributed by atoms with Crippen LogP contribution in [-0.4, -0.2) is 85.0 Å². The van der Waals surface area contributed by atoms with E-state index >= 15 is 0 Å². The van der Waals surface area contributed by atoms with Crippen molar-refractivity contribution in [3.8, 4) is 6.07 Å². The largest absolute Gasteiger partial charge is 0.481 e. The number of hydrogen-bond donors (Lipinski definition) is 5. The van der Waals surface area contributed by atoms with Gasteiger partial charge in [-0.1, -0.05) is 12.1 Å². The van der Waals surface area contributed by atoms with Gasteiger partial charge in [0.15, 0.2) is 5.82 Å². The molecule has 6 atom stereocenters. The lowest BCUT2D eigenvalue weighted by Crippen LogP contribution is -2.53. The first-order valence-electron chi connectivity index (χ1n) is 16.1. The van der Waals surface area contributed by atoms with Crippen LogP contribution in [0, 0.1) is 28.5 Å². The smallest absolute Gasteiger partial charge is 0.408 e. The maximum atomic E-state index is 13.7. The van der Waals surface area contributed by atoms with Crippen molar-refractivity contribution < 1.29 is 43.6 Å². The number of aliphatic hydroxyl groups is 2. The second-order valence-corrected chi connectivity index (χ2v) is 13.9. The minimum absolute atomic E-state index is 0.00585. The van der Waals surface area contributed by atoms with Crippen molar-refractivity contribution in [3.05, 3.63) is 59.8 Å². The van der Waals surface area contributed by atoms with Gasteiger partial charge in [0.05, 0.1) is 37.0 Å². The number of carbonyl (C=O) groups excluding carboxylic acids is 2. The number of nitrogens with zero attached hydrogens (tertiary/aromatic N) is 4. The number of aliphatic hydroxyl groups excluding tert-OH is 2. The highest BCUT2D eigenvalue weighted by Crippen LogP contribution is 2.56. The Labute approximate surface area is 282 Å². The molecule has 1 saturated carbocycles. The van der Waals surface area contributed by atoms with E-state index in [0.29, 0.717) is 25.0 Å². The molecule has 49 heavy (non-hydrogen) atoms. The summed E-state index contributed by atoms with van der Waals surface area (Å²) in [5.41, 5.74) is -2.30. The summed E-state index contributed by atoms with van der Waals surface area (Å²) < 4.78 is 26.0. The molecule has 1 saturated heterocycles. The van der Waals surface area contributed by atoms with Crippen molar-refractivity contribution >= 4 is 29.3 Å². The summed E-state index contributed by atoms with van der Waals surface area (Å²) >= 11 is 0. The lowest BCUT2D eigenvalue weighted by atomic mass is 9.53. The van der Waals surface area contributed by atoms with Gasteiger partial charge < -0.3 is 35.4 Å². The quantitative estimate of drug-likeness (QED) is 0.210. The molecule has 2 aliphatic rings. The van der Waals surface area contributed by atoms with Gasteiger partial charge in [-0.05, 0) is 87.6 Å². The number of alkyl carbamates (subject to hydrolysis) is 1. The van der Waals surface area contributed by atoms with Crippen molar-refractivity contribution in [3.63, 3.8) is 0 Å². The van der Waals surface area contributed by atoms with E-state index in [0.717, 1.165) is 0 Å². The molecule has 3 heterocycles. The fraction of sp³-hybridized carbons (Fsp3) is 0.529. The molecule has 1 aliphatic heterocycles. The molecule has 0 radical (unpaired) electrons. The zero-order chi connectivity index (χ0) is 35.6.